The third-order valence-electron chi connectivity index (χ3n) is 5.39. The lowest BCUT2D eigenvalue weighted by molar-refractivity contribution is -0.135. The number of esters is 1. The molecule has 0 bridgehead atoms. The van der Waals surface area contributed by atoms with Gasteiger partial charge >= 0.3 is 5.97 Å². The van der Waals surface area contributed by atoms with Crippen molar-refractivity contribution in [3.63, 3.8) is 0 Å². The average molecular weight is 424 g/mol. The van der Waals surface area contributed by atoms with Gasteiger partial charge in [0.2, 0.25) is 0 Å². The first kappa shape index (κ1) is 20.3. The summed E-state index contributed by atoms with van der Waals surface area (Å²) in [7, 11) is 0. The Kier molecular flexibility index (Phi) is 6.28. The lowest BCUT2D eigenvalue weighted by Crippen LogP contribution is -2.40. The third-order valence-corrected chi connectivity index (χ3v) is 6.26. The van der Waals surface area contributed by atoms with E-state index >= 15 is 0 Å². The molecule has 0 atom stereocenters. The minimum Gasteiger partial charge on any atom is -0.452 e. The van der Waals surface area contributed by atoms with Gasteiger partial charge in [0.25, 0.3) is 5.91 Å². The van der Waals surface area contributed by atoms with Crippen molar-refractivity contribution in [3.05, 3.63) is 65.2 Å². The van der Waals surface area contributed by atoms with Gasteiger partial charge in [-0.3, -0.25) is 9.48 Å². The van der Waals surface area contributed by atoms with Crippen molar-refractivity contribution in [2.75, 3.05) is 19.7 Å². The van der Waals surface area contributed by atoms with Crippen molar-refractivity contribution in [1.29, 1.82) is 0 Å². The van der Waals surface area contributed by atoms with Crippen molar-refractivity contribution < 1.29 is 14.3 Å². The molecule has 1 aromatic carbocycles. The number of carbonyl (C=O) groups is 2. The van der Waals surface area contributed by atoms with E-state index < -0.39 is 5.97 Å². The second-order valence-electron chi connectivity index (χ2n) is 7.69. The molecule has 0 spiro atoms. The van der Waals surface area contributed by atoms with E-state index in [4.69, 9.17) is 4.74 Å². The predicted molar refractivity (Wildman–Crippen MR) is 116 cm³/mol. The summed E-state index contributed by atoms with van der Waals surface area (Å²) in [6.45, 7) is 3.97. The van der Waals surface area contributed by atoms with Crippen molar-refractivity contribution in [2.24, 2.45) is 5.92 Å². The lowest BCUT2D eigenvalue weighted by atomic mass is 9.99. The maximum absolute atomic E-state index is 12.8. The molecule has 1 amide bonds. The number of likely N-dealkylation sites (tertiary alicyclic amines) is 1. The third kappa shape index (κ3) is 4.79. The molecule has 4 rings (SSSR count). The monoisotopic (exact) mass is 423 g/mol. The molecular weight excluding hydrogens is 398 g/mol. The molecule has 1 saturated heterocycles. The van der Waals surface area contributed by atoms with Crippen LogP contribution in [0, 0.1) is 5.92 Å². The van der Waals surface area contributed by atoms with E-state index in [0.29, 0.717) is 23.7 Å². The standard InChI is InChI=1S/C23H25N3O3S/c1-17-9-11-25(12-10-17)21(27)16-29-23(28)19-15-26(14-18-6-3-2-4-7-18)24-22(19)20-8-5-13-30-20/h2-8,13,15,17H,9-12,14,16H2,1H3. The van der Waals surface area contributed by atoms with Crippen LogP contribution in [-0.4, -0.2) is 46.3 Å². The molecule has 6 nitrogen and oxygen atoms in total. The summed E-state index contributed by atoms with van der Waals surface area (Å²) in [5.74, 6) is -0.0125. The summed E-state index contributed by atoms with van der Waals surface area (Å²) in [5, 5.41) is 6.57. The number of amides is 1. The Hall–Kier alpha value is -2.93. The smallest absolute Gasteiger partial charge is 0.342 e. The fraction of sp³-hybridized carbons (Fsp3) is 0.348. The normalized spacial score (nSPS) is 14.6. The molecule has 1 aliphatic heterocycles. The Bertz CT molecular complexity index is 990. The predicted octanol–water partition coefficient (Wildman–Crippen LogP) is 4.08. The Balaban J connectivity index is 1.47. The lowest BCUT2D eigenvalue weighted by Gasteiger charge is -2.30. The van der Waals surface area contributed by atoms with Crippen LogP contribution in [0.2, 0.25) is 0 Å². The summed E-state index contributed by atoms with van der Waals surface area (Å²) >= 11 is 1.52. The molecule has 0 unspecified atom stereocenters. The number of thiophene rings is 1. The van der Waals surface area contributed by atoms with Crippen LogP contribution in [0.1, 0.15) is 35.7 Å². The number of hydrogen-bond acceptors (Lipinski definition) is 5. The van der Waals surface area contributed by atoms with Crippen molar-refractivity contribution in [3.8, 4) is 10.6 Å². The van der Waals surface area contributed by atoms with E-state index in [1.807, 2.05) is 47.8 Å². The maximum atomic E-state index is 12.8. The van der Waals surface area contributed by atoms with Crippen LogP contribution in [0.5, 0.6) is 0 Å². The van der Waals surface area contributed by atoms with Crippen molar-refractivity contribution in [1.82, 2.24) is 14.7 Å². The molecular formula is C23H25N3O3S. The van der Waals surface area contributed by atoms with E-state index in [1.165, 1.54) is 11.3 Å². The Morgan fingerprint density at radius 3 is 2.60 bits per heavy atom. The van der Waals surface area contributed by atoms with Crippen molar-refractivity contribution in [2.45, 2.75) is 26.3 Å². The molecule has 2 aromatic heterocycles. The van der Waals surface area contributed by atoms with E-state index in [0.717, 1.165) is 36.4 Å². The zero-order valence-electron chi connectivity index (χ0n) is 17.0. The first-order valence-electron chi connectivity index (χ1n) is 10.2. The zero-order chi connectivity index (χ0) is 20.9. The van der Waals surface area contributed by atoms with Gasteiger partial charge in [0.1, 0.15) is 11.3 Å². The summed E-state index contributed by atoms with van der Waals surface area (Å²) < 4.78 is 7.14. The van der Waals surface area contributed by atoms with Gasteiger partial charge in [-0.25, -0.2) is 4.79 Å². The second-order valence-corrected chi connectivity index (χ2v) is 8.64. The highest BCUT2D eigenvalue weighted by atomic mass is 32.1. The SMILES string of the molecule is CC1CCN(C(=O)COC(=O)c2cn(Cc3ccccc3)nc2-c2cccs2)CC1. The highest BCUT2D eigenvalue weighted by molar-refractivity contribution is 7.13. The molecule has 1 fully saturated rings. The van der Waals surface area contributed by atoms with Gasteiger partial charge in [-0.1, -0.05) is 43.3 Å². The van der Waals surface area contributed by atoms with Gasteiger partial charge in [-0.15, -0.1) is 11.3 Å². The number of carbonyl (C=O) groups excluding carboxylic acids is 2. The summed E-state index contributed by atoms with van der Waals surface area (Å²) in [4.78, 5) is 27.9. The van der Waals surface area contributed by atoms with E-state index in [-0.39, 0.29) is 12.5 Å². The van der Waals surface area contributed by atoms with Gasteiger partial charge in [-0.05, 0) is 35.8 Å². The Morgan fingerprint density at radius 2 is 1.90 bits per heavy atom. The molecule has 0 aliphatic carbocycles. The molecule has 156 valence electrons. The number of piperidine rings is 1. The minimum atomic E-state index is -0.517. The molecule has 30 heavy (non-hydrogen) atoms. The van der Waals surface area contributed by atoms with Crippen LogP contribution in [0.15, 0.2) is 54.0 Å². The molecule has 0 saturated carbocycles. The number of nitrogens with zero attached hydrogens (tertiary/aromatic N) is 3. The first-order chi connectivity index (χ1) is 14.6. The van der Waals surface area contributed by atoms with Gasteiger partial charge in [0.05, 0.1) is 11.4 Å². The molecule has 0 N–H and O–H groups in total. The molecule has 1 aliphatic rings. The van der Waals surface area contributed by atoms with Crippen molar-refractivity contribution >= 4 is 23.2 Å². The van der Waals surface area contributed by atoms with Gasteiger partial charge in [0, 0.05) is 19.3 Å². The van der Waals surface area contributed by atoms with Gasteiger partial charge < -0.3 is 9.64 Å². The first-order valence-corrected chi connectivity index (χ1v) is 11.1. The number of benzene rings is 1. The van der Waals surface area contributed by atoms with Gasteiger partial charge in [0.15, 0.2) is 6.61 Å². The van der Waals surface area contributed by atoms with Crippen LogP contribution in [0.25, 0.3) is 10.6 Å². The number of rotatable bonds is 6. The average Bonchev–Trinajstić information content (AvgIpc) is 3.43. The highest BCUT2D eigenvalue weighted by Crippen LogP contribution is 2.27. The second kappa shape index (κ2) is 9.26. The summed E-state index contributed by atoms with van der Waals surface area (Å²) in [5.41, 5.74) is 2.06. The highest BCUT2D eigenvalue weighted by Gasteiger charge is 2.24. The number of ether oxygens (including phenoxy) is 1. The van der Waals surface area contributed by atoms with E-state index in [1.54, 1.807) is 15.8 Å². The van der Waals surface area contributed by atoms with E-state index in [9.17, 15) is 9.59 Å². The van der Waals surface area contributed by atoms with Crippen LogP contribution in [-0.2, 0) is 16.1 Å². The Morgan fingerprint density at radius 1 is 1.13 bits per heavy atom. The van der Waals surface area contributed by atoms with Crippen LogP contribution in [0.4, 0.5) is 0 Å². The van der Waals surface area contributed by atoms with Crippen LogP contribution >= 0.6 is 11.3 Å². The molecule has 3 heterocycles. The minimum absolute atomic E-state index is 0.135. The van der Waals surface area contributed by atoms with E-state index in [2.05, 4.69) is 12.0 Å². The number of hydrogen-bond donors (Lipinski definition) is 0. The van der Waals surface area contributed by atoms with Gasteiger partial charge in [-0.2, -0.15) is 5.10 Å². The fourth-order valence-corrected chi connectivity index (χ4v) is 4.30. The molecule has 3 aromatic rings. The fourth-order valence-electron chi connectivity index (χ4n) is 3.57. The quantitative estimate of drug-likeness (QED) is 0.561. The topological polar surface area (TPSA) is 64.4 Å². The zero-order valence-corrected chi connectivity index (χ0v) is 17.8. The van der Waals surface area contributed by atoms with Crippen LogP contribution in [0.3, 0.4) is 0 Å². The maximum Gasteiger partial charge on any atom is 0.342 e. The largest absolute Gasteiger partial charge is 0.452 e. The summed E-state index contributed by atoms with van der Waals surface area (Å²) in [6.07, 6.45) is 3.69. The summed E-state index contributed by atoms with van der Waals surface area (Å²) in [6, 6.07) is 13.8. The Labute approximate surface area is 180 Å². The molecule has 7 heteroatoms. The molecule has 0 radical (unpaired) electrons. The number of aromatic nitrogens is 2. The van der Waals surface area contributed by atoms with Crippen LogP contribution < -0.4 is 0 Å².